The van der Waals surface area contributed by atoms with Crippen LogP contribution >= 0.6 is 0 Å². The Bertz CT molecular complexity index is 777. The number of nitrogens with one attached hydrogen (secondary N) is 2. The Balaban J connectivity index is 0.00000136. The van der Waals surface area contributed by atoms with Crippen LogP contribution in [-0.4, -0.2) is 41.9 Å². The van der Waals surface area contributed by atoms with Crippen molar-refractivity contribution in [2.75, 3.05) is 23.3 Å². The second kappa shape index (κ2) is 10.8. The molecule has 1 aliphatic heterocycles. The number of aliphatic hydroxyl groups is 1. The summed E-state index contributed by atoms with van der Waals surface area (Å²) in [6, 6.07) is 12.1. The number of pyridine rings is 1. The summed E-state index contributed by atoms with van der Waals surface area (Å²) in [5.41, 5.74) is 1.41. The number of hydrogen-bond acceptors (Lipinski definition) is 6. The van der Waals surface area contributed by atoms with Gasteiger partial charge in [-0.15, -0.1) is 0 Å². The number of amides is 3. The number of rotatable bonds is 4. The average Bonchev–Trinajstić information content (AvgIpc) is 2.76. The monoisotopic (exact) mass is 384 g/mol. The highest BCUT2D eigenvalue weighted by Gasteiger charge is 2.27. The molecule has 2 aromatic rings. The van der Waals surface area contributed by atoms with Gasteiger partial charge < -0.3 is 20.1 Å². The summed E-state index contributed by atoms with van der Waals surface area (Å²) in [5, 5.41) is 14.5. The first kappa shape index (κ1) is 21.0. The molecule has 0 spiro atoms. The van der Waals surface area contributed by atoms with Gasteiger partial charge in [-0.3, -0.25) is 10.1 Å². The zero-order valence-corrected chi connectivity index (χ0v) is 15.5. The van der Waals surface area contributed by atoms with E-state index in [-0.39, 0.29) is 18.4 Å². The minimum Gasteiger partial charge on any atom is -0.392 e. The normalized spacial score (nSPS) is 13.8. The van der Waals surface area contributed by atoms with E-state index in [2.05, 4.69) is 20.5 Å². The molecule has 1 fully saturated rings. The zero-order valence-electron chi connectivity index (χ0n) is 15.5. The molecule has 2 heterocycles. The molecule has 1 aromatic heterocycles. The van der Waals surface area contributed by atoms with Crippen molar-refractivity contribution in [3.05, 3.63) is 54.2 Å². The fraction of sp³-hybridized carbons (Fsp3) is 0.300. The maximum Gasteiger partial charge on any atom is 0.325 e. The number of aliphatic hydroxyl groups excluding tert-OH is 1. The lowest BCUT2D eigenvalue weighted by Gasteiger charge is -2.33. The smallest absolute Gasteiger partial charge is 0.325 e. The van der Waals surface area contributed by atoms with Crippen LogP contribution in [0.15, 0.2) is 48.7 Å². The number of carbonyl (C=O) groups is 3. The SMILES string of the molecule is C=O.O=C(NC(=O)C1CCN(c2ncccc2CO)CC1)Nc1ccccc1. The number of nitrogens with zero attached hydrogens (tertiary/aromatic N) is 2. The number of benzene rings is 1. The number of carbonyl (C=O) groups excluding carboxylic acids is 3. The molecule has 3 amide bonds. The Morgan fingerprint density at radius 3 is 2.43 bits per heavy atom. The highest BCUT2D eigenvalue weighted by atomic mass is 16.3. The minimum absolute atomic E-state index is 0.0662. The van der Waals surface area contributed by atoms with Crippen molar-refractivity contribution in [2.24, 2.45) is 5.92 Å². The summed E-state index contributed by atoms with van der Waals surface area (Å²) in [7, 11) is 0. The summed E-state index contributed by atoms with van der Waals surface area (Å²) >= 11 is 0. The molecule has 0 saturated carbocycles. The van der Waals surface area contributed by atoms with E-state index in [0.717, 1.165) is 11.4 Å². The van der Waals surface area contributed by atoms with Gasteiger partial charge in [-0.1, -0.05) is 24.3 Å². The molecular formula is C20H24N4O4. The van der Waals surface area contributed by atoms with Crippen LogP contribution in [0.4, 0.5) is 16.3 Å². The van der Waals surface area contributed by atoms with E-state index in [1.54, 1.807) is 24.4 Å². The van der Waals surface area contributed by atoms with E-state index in [0.29, 0.717) is 31.6 Å². The Labute approximate surface area is 163 Å². The number of para-hydroxylation sites is 1. The lowest BCUT2D eigenvalue weighted by Crippen LogP contribution is -2.44. The Hall–Kier alpha value is -3.26. The van der Waals surface area contributed by atoms with Crippen LogP contribution in [0.5, 0.6) is 0 Å². The van der Waals surface area contributed by atoms with Crippen LogP contribution in [0.25, 0.3) is 0 Å². The first-order valence-electron chi connectivity index (χ1n) is 8.93. The topological polar surface area (TPSA) is 112 Å². The first-order chi connectivity index (χ1) is 13.7. The molecule has 0 bridgehead atoms. The number of urea groups is 1. The summed E-state index contributed by atoms with van der Waals surface area (Å²) in [5.74, 6) is 0.284. The van der Waals surface area contributed by atoms with E-state index >= 15 is 0 Å². The number of imide groups is 1. The van der Waals surface area contributed by atoms with Crippen molar-refractivity contribution in [3.63, 3.8) is 0 Å². The van der Waals surface area contributed by atoms with Gasteiger partial charge in [0.1, 0.15) is 12.6 Å². The first-order valence-corrected chi connectivity index (χ1v) is 8.93. The fourth-order valence-electron chi connectivity index (χ4n) is 3.09. The van der Waals surface area contributed by atoms with Crippen LogP contribution in [0.3, 0.4) is 0 Å². The third kappa shape index (κ3) is 5.62. The Kier molecular flexibility index (Phi) is 8.11. The van der Waals surface area contributed by atoms with Crippen LogP contribution in [0, 0.1) is 5.92 Å². The van der Waals surface area contributed by atoms with Gasteiger partial charge in [0.15, 0.2) is 0 Å². The second-order valence-corrected chi connectivity index (χ2v) is 6.21. The highest BCUT2D eigenvalue weighted by Crippen LogP contribution is 2.24. The molecule has 3 rings (SSSR count). The summed E-state index contributed by atoms with van der Waals surface area (Å²) in [6.07, 6.45) is 2.96. The predicted molar refractivity (Wildman–Crippen MR) is 106 cm³/mol. The van der Waals surface area contributed by atoms with Gasteiger partial charge in [0.05, 0.1) is 6.61 Å². The second-order valence-electron chi connectivity index (χ2n) is 6.21. The fourth-order valence-corrected chi connectivity index (χ4v) is 3.09. The molecule has 28 heavy (non-hydrogen) atoms. The average molecular weight is 384 g/mol. The van der Waals surface area contributed by atoms with Gasteiger partial charge >= 0.3 is 6.03 Å². The van der Waals surface area contributed by atoms with Gasteiger partial charge in [-0.25, -0.2) is 9.78 Å². The van der Waals surface area contributed by atoms with E-state index in [4.69, 9.17) is 4.79 Å². The van der Waals surface area contributed by atoms with Crippen molar-refractivity contribution >= 4 is 30.2 Å². The summed E-state index contributed by atoms with van der Waals surface area (Å²) < 4.78 is 0. The van der Waals surface area contributed by atoms with E-state index in [1.807, 2.05) is 31.1 Å². The van der Waals surface area contributed by atoms with Crippen LogP contribution in [-0.2, 0) is 16.2 Å². The quantitative estimate of drug-likeness (QED) is 0.743. The zero-order chi connectivity index (χ0) is 20.4. The largest absolute Gasteiger partial charge is 0.392 e. The maximum atomic E-state index is 12.3. The molecular weight excluding hydrogens is 360 g/mol. The standard InChI is InChI=1S/C19H22N4O3.CH2O/c24-13-15-5-4-10-20-17(15)23-11-8-14(9-12-23)18(25)22-19(26)21-16-6-2-1-3-7-16;1-2/h1-7,10,14,24H,8-9,11-13H2,(H2,21,22,25,26);1H2. The van der Waals surface area contributed by atoms with Gasteiger partial charge in [0.25, 0.3) is 0 Å². The highest BCUT2D eigenvalue weighted by molar-refractivity contribution is 6.01. The van der Waals surface area contributed by atoms with E-state index in [9.17, 15) is 14.7 Å². The molecule has 3 N–H and O–H groups in total. The number of piperidine rings is 1. The van der Waals surface area contributed by atoms with Gasteiger partial charge in [-0.05, 0) is 31.0 Å². The summed E-state index contributed by atoms with van der Waals surface area (Å²) in [6.45, 7) is 3.24. The Morgan fingerprint density at radius 1 is 1.11 bits per heavy atom. The minimum atomic E-state index is -0.518. The number of hydrogen-bond donors (Lipinski definition) is 3. The number of anilines is 2. The van der Waals surface area contributed by atoms with Crippen molar-refractivity contribution in [3.8, 4) is 0 Å². The molecule has 0 atom stereocenters. The molecule has 8 heteroatoms. The molecule has 1 aromatic carbocycles. The van der Waals surface area contributed by atoms with E-state index in [1.165, 1.54) is 0 Å². The van der Waals surface area contributed by atoms with E-state index < -0.39 is 6.03 Å². The molecule has 1 saturated heterocycles. The molecule has 8 nitrogen and oxygen atoms in total. The number of aromatic nitrogens is 1. The summed E-state index contributed by atoms with van der Waals surface area (Å²) in [4.78, 5) is 38.7. The van der Waals surface area contributed by atoms with Crippen molar-refractivity contribution in [2.45, 2.75) is 19.4 Å². The third-order valence-corrected chi connectivity index (χ3v) is 4.47. The van der Waals surface area contributed by atoms with Crippen LogP contribution in [0.1, 0.15) is 18.4 Å². The van der Waals surface area contributed by atoms with Crippen LogP contribution in [0.2, 0.25) is 0 Å². The lowest BCUT2D eigenvalue weighted by molar-refractivity contribution is -0.124. The Morgan fingerprint density at radius 2 is 1.79 bits per heavy atom. The third-order valence-electron chi connectivity index (χ3n) is 4.47. The lowest BCUT2D eigenvalue weighted by atomic mass is 9.95. The van der Waals surface area contributed by atoms with Crippen LogP contribution < -0.4 is 15.5 Å². The van der Waals surface area contributed by atoms with Crippen molar-refractivity contribution < 1.29 is 19.5 Å². The maximum absolute atomic E-state index is 12.3. The molecule has 0 radical (unpaired) electrons. The van der Waals surface area contributed by atoms with Crippen molar-refractivity contribution in [1.82, 2.24) is 10.3 Å². The van der Waals surface area contributed by atoms with Gasteiger partial charge in [-0.2, -0.15) is 0 Å². The molecule has 0 aliphatic carbocycles. The van der Waals surface area contributed by atoms with Crippen molar-refractivity contribution in [1.29, 1.82) is 0 Å². The van der Waals surface area contributed by atoms with Gasteiger partial charge in [0, 0.05) is 36.5 Å². The molecule has 148 valence electrons. The molecule has 0 unspecified atom stereocenters. The van der Waals surface area contributed by atoms with Gasteiger partial charge in [0.2, 0.25) is 5.91 Å². The molecule has 1 aliphatic rings. The predicted octanol–water partition coefficient (Wildman–Crippen LogP) is 1.95.